The van der Waals surface area contributed by atoms with E-state index in [0.717, 1.165) is 29.8 Å². The molecule has 0 amide bonds. The molecule has 0 saturated carbocycles. The molecular weight excluding hydrogens is 393 g/mol. The van der Waals surface area contributed by atoms with Crippen molar-refractivity contribution in [1.29, 1.82) is 0 Å². The van der Waals surface area contributed by atoms with Gasteiger partial charge < -0.3 is 19.5 Å². The summed E-state index contributed by atoms with van der Waals surface area (Å²) in [6.07, 6.45) is 5.17. The van der Waals surface area contributed by atoms with Crippen LogP contribution in [-0.2, 0) is 13.1 Å². The minimum absolute atomic E-state index is 0.264. The molecule has 0 spiro atoms. The topological polar surface area (TPSA) is 50.5 Å². The Morgan fingerprint density at radius 1 is 1.06 bits per heavy atom. The molecule has 2 fully saturated rings. The Balaban J connectivity index is 1.13. The maximum Gasteiger partial charge on any atom is 0.167 e. The molecule has 2 bridgehead atoms. The van der Waals surface area contributed by atoms with Crippen molar-refractivity contribution in [2.24, 2.45) is 0 Å². The fourth-order valence-electron chi connectivity index (χ4n) is 4.86. The van der Waals surface area contributed by atoms with Crippen LogP contribution in [0, 0.1) is 5.82 Å². The lowest BCUT2D eigenvalue weighted by Gasteiger charge is -2.36. The fraction of sp³-hybridized carbons (Fsp3) is 0.400. The van der Waals surface area contributed by atoms with Gasteiger partial charge in [-0.05, 0) is 74.7 Å². The van der Waals surface area contributed by atoms with Gasteiger partial charge in [-0.15, -0.1) is 0 Å². The van der Waals surface area contributed by atoms with Gasteiger partial charge in [0.25, 0.3) is 0 Å². The fourth-order valence-corrected chi connectivity index (χ4v) is 4.86. The smallest absolute Gasteiger partial charge is 0.167 e. The maximum atomic E-state index is 13.1. The first kappa shape index (κ1) is 20.2. The minimum Gasteiger partial charge on any atom is -0.490 e. The SMILES string of the molecule is CN1[C@@H]2CC[C@H]1C[C@H](Oc1cccc(CNCc3cc(-c4ccc(F)cc4)on3)c1)C2. The molecule has 0 unspecified atom stereocenters. The number of aromatic nitrogens is 1. The highest BCUT2D eigenvalue weighted by Gasteiger charge is 2.39. The standard InChI is InChI=1S/C25H28FN3O2/c1-29-21-9-10-22(29)14-24(13-21)30-23-4-2-3-17(11-23)15-27-16-20-12-25(31-28-20)18-5-7-19(26)8-6-18/h2-8,11-12,21-22,24,27H,9-10,13-16H2,1H3/t21-,22+,24-. The van der Waals surface area contributed by atoms with Crippen LogP contribution in [0.1, 0.15) is 36.9 Å². The summed E-state index contributed by atoms with van der Waals surface area (Å²) in [5, 5.41) is 7.52. The van der Waals surface area contributed by atoms with Crippen molar-refractivity contribution in [2.45, 2.75) is 57.0 Å². The molecule has 0 aliphatic carbocycles. The van der Waals surface area contributed by atoms with Crippen LogP contribution in [0.3, 0.4) is 0 Å². The zero-order chi connectivity index (χ0) is 21.2. The summed E-state index contributed by atoms with van der Waals surface area (Å²) >= 11 is 0. The van der Waals surface area contributed by atoms with Gasteiger partial charge in [-0.1, -0.05) is 17.3 Å². The van der Waals surface area contributed by atoms with Gasteiger partial charge in [-0.3, -0.25) is 0 Å². The molecule has 5 rings (SSSR count). The van der Waals surface area contributed by atoms with Crippen molar-refractivity contribution in [1.82, 2.24) is 15.4 Å². The Bertz CT molecular complexity index is 1010. The van der Waals surface area contributed by atoms with Crippen molar-refractivity contribution < 1.29 is 13.7 Å². The molecular formula is C25H28FN3O2. The van der Waals surface area contributed by atoms with E-state index < -0.39 is 0 Å². The summed E-state index contributed by atoms with van der Waals surface area (Å²) in [4.78, 5) is 2.53. The number of halogens is 1. The predicted molar refractivity (Wildman–Crippen MR) is 117 cm³/mol. The lowest BCUT2D eigenvalue weighted by molar-refractivity contribution is 0.0661. The molecule has 6 heteroatoms. The first-order valence-electron chi connectivity index (χ1n) is 11.0. The average molecular weight is 422 g/mol. The molecule has 1 N–H and O–H groups in total. The van der Waals surface area contributed by atoms with E-state index >= 15 is 0 Å². The van der Waals surface area contributed by atoms with Crippen LogP contribution in [0.4, 0.5) is 4.39 Å². The largest absolute Gasteiger partial charge is 0.490 e. The molecule has 2 aromatic carbocycles. The molecule has 162 valence electrons. The summed E-state index contributed by atoms with van der Waals surface area (Å²) < 4.78 is 24.8. The molecule has 3 atom stereocenters. The monoisotopic (exact) mass is 421 g/mol. The van der Waals surface area contributed by atoms with Crippen LogP contribution in [0.25, 0.3) is 11.3 Å². The summed E-state index contributed by atoms with van der Waals surface area (Å²) in [5.74, 6) is 1.33. The van der Waals surface area contributed by atoms with E-state index in [0.29, 0.717) is 37.0 Å². The normalized spacial score (nSPS) is 23.2. The van der Waals surface area contributed by atoms with E-state index in [-0.39, 0.29) is 5.82 Å². The number of nitrogens with zero attached hydrogens (tertiary/aromatic N) is 2. The van der Waals surface area contributed by atoms with Gasteiger partial charge in [0.05, 0.1) is 5.69 Å². The number of fused-ring (bicyclic) bond motifs is 2. The summed E-state index contributed by atoms with van der Waals surface area (Å²) in [6.45, 7) is 1.31. The van der Waals surface area contributed by atoms with Crippen LogP contribution >= 0.6 is 0 Å². The molecule has 3 heterocycles. The highest BCUT2D eigenvalue weighted by molar-refractivity contribution is 5.57. The Hall–Kier alpha value is -2.70. The van der Waals surface area contributed by atoms with E-state index in [2.05, 4.69) is 46.7 Å². The third-order valence-electron chi connectivity index (χ3n) is 6.58. The van der Waals surface area contributed by atoms with Gasteiger partial charge in [-0.25, -0.2) is 4.39 Å². The second-order valence-corrected chi connectivity index (χ2v) is 8.70. The number of hydrogen-bond acceptors (Lipinski definition) is 5. The van der Waals surface area contributed by atoms with Crippen LogP contribution in [-0.4, -0.2) is 35.3 Å². The van der Waals surface area contributed by atoms with E-state index in [1.807, 2.05) is 6.07 Å². The van der Waals surface area contributed by atoms with Crippen molar-refractivity contribution in [3.63, 3.8) is 0 Å². The molecule has 0 radical (unpaired) electrons. The van der Waals surface area contributed by atoms with Crippen LogP contribution < -0.4 is 10.1 Å². The Morgan fingerprint density at radius 2 is 1.84 bits per heavy atom. The van der Waals surface area contributed by atoms with Crippen molar-refractivity contribution in [3.8, 4) is 17.1 Å². The number of hydrogen-bond donors (Lipinski definition) is 1. The zero-order valence-corrected chi connectivity index (χ0v) is 17.8. The van der Waals surface area contributed by atoms with Crippen LogP contribution in [0.2, 0.25) is 0 Å². The maximum absolute atomic E-state index is 13.1. The van der Waals surface area contributed by atoms with E-state index in [4.69, 9.17) is 9.26 Å². The van der Waals surface area contributed by atoms with E-state index in [1.165, 1.54) is 30.5 Å². The van der Waals surface area contributed by atoms with Gasteiger partial charge in [0.15, 0.2) is 5.76 Å². The van der Waals surface area contributed by atoms with E-state index in [1.54, 1.807) is 12.1 Å². The quantitative estimate of drug-likeness (QED) is 0.595. The molecule has 3 aromatic rings. The Labute approximate surface area is 182 Å². The molecule has 2 saturated heterocycles. The number of benzene rings is 2. The highest BCUT2D eigenvalue weighted by atomic mass is 19.1. The lowest BCUT2D eigenvalue weighted by atomic mass is 10.0. The third-order valence-corrected chi connectivity index (χ3v) is 6.58. The summed E-state index contributed by atoms with van der Waals surface area (Å²) in [5.41, 5.74) is 2.80. The predicted octanol–water partition coefficient (Wildman–Crippen LogP) is 4.77. The van der Waals surface area contributed by atoms with Crippen molar-refractivity contribution >= 4 is 0 Å². The van der Waals surface area contributed by atoms with E-state index in [9.17, 15) is 4.39 Å². The van der Waals surface area contributed by atoms with Gasteiger partial charge >= 0.3 is 0 Å². The Kier molecular flexibility index (Phi) is 5.74. The summed E-state index contributed by atoms with van der Waals surface area (Å²) in [6, 6.07) is 17.8. The van der Waals surface area contributed by atoms with Crippen LogP contribution in [0.5, 0.6) is 5.75 Å². The number of piperidine rings is 1. The molecule has 31 heavy (non-hydrogen) atoms. The lowest BCUT2D eigenvalue weighted by Crippen LogP contribution is -2.43. The minimum atomic E-state index is -0.264. The second-order valence-electron chi connectivity index (χ2n) is 8.70. The van der Waals surface area contributed by atoms with Crippen molar-refractivity contribution in [2.75, 3.05) is 7.05 Å². The van der Waals surface area contributed by atoms with Crippen molar-refractivity contribution in [3.05, 3.63) is 71.7 Å². The van der Waals surface area contributed by atoms with Gasteiger partial charge in [-0.2, -0.15) is 0 Å². The summed E-state index contributed by atoms with van der Waals surface area (Å²) in [7, 11) is 2.25. The highest BCUT2D eigenvalue weighted by Crippen LogP contribution is 2.36. The van der Waals surface area contributed by atoms with Crippen LogP contribution in [0.15, 0.2) is 59.1 Å². The van der Waals surface area contributed by atoms with Gasteiger partial charge in [0.1, 0.15) is 17.7 Å². The molecule has 2 aliphatic rings. The molecule has 2 aliphatic heterocycles. The molecule has 1 aromatic heterocycles. The number of ether oxygens (including phenoxy) is 1. The van der Waals surface area contributed by atoms with Gasteiger partial charge in [0.2, 0.25) is 0 Å². The zero-order valence-electron chi connectivity index (χ0n) is 17.8. The van der Waals surface area contributed by atoms with Gasteiger partial charge in [0, 0.05) is 36.8 Å². The number of rotatable bonds is 7. The number of nitrogens with one attached hydrogen (secondary N) is 1. The molecule has 5 nitrogen and oxygen atoms in total. The second kappa shape index (κ2) is 8.81. The Morgan fingerprint density at radius 3 is 2.61 bits per heavy atom. The first-order chi connectivity index (χ1) is 15.1. The first-order valence-corrected chi connectivity index (χ1v) is 11.0. The average Bonchev–Trinajstić information content (AvgIpc) is 3.30. The third kappa shape index (κ3) is 4.65.